The van der Waals surface area contributed by atoms with E-state index in [2.05, 4.69) is 10.4 Å². The minimum absolute atomic E-state index is 0.0846. The Balaban J connectivity index is 2.01. The highest BCUT2D eigenvalue weighted by Crippen LogP contribution is 2.21. The van der Waals surface area contributed by atoms with Gasteiger partial charge in [0.05, 0.1) is 6.20 Å². The predicted octanol–water partition coefficient (Wildman–Crippen LogP) is 2.12. The first-order valence-corrected chi connectivity index (χ1v) is 5.76. The van der Waals surface area contributed by atoms with Crippen molar-refractivity contribution < 1.29 is 9.50 Å². The van der Waals surface area contributed by atoms with Crippen molar-refractivity contribution in [3.8, 4) is 5.75 Å². The number of nitrogens with one attached hydrogen (secondary N) is 1. The number of phenolic OH excluding ortho intramolecular Hbond substituents is 1. The summed E-state index contributed by atoms with van der Waals surface area (Å²) in [5, 5.41) is 16.9. The van der Waals surface area contributed by atoms with Crippen LogP contribution in [0.1, 0.15) is 24.1 Å². The number of rotatable bonds is 4. The molecule has 0 fully saturated rings. The van der Waals surface area contributed by atoms with E-state index in [9.17, 15) is 9.50 Å². The second-order valence-corrected chi connectivity index (χ2v) is 4.30. The molecule has 0 amide bonds. The van der Waals surface area contributed by atoms with Crippen LogP contribution in [0, 0.1) is 5.82 Å². The number of phenols is 1. The molecule has 0 spiro atoms. The zero-order valence-electron chi connectivity index (χ0n) is 10.4. The summed E-state index contributed by atoms with van der Waals surface area (Å²) in [5.74, 6) is -0.883. The summed E-state index contributed by atoms with van der Waals surface area (Å²) >= 11 is 0. The molecule has 0 saturated carbocycles. The monoisotopic (exact) mass is 249 g/mol. The molecule has 2 aromatic rings. The van der Waals surface area contributed by atoms with Gasteiger partial charge in [-0.1, -0.05) is 12.1 Å². The van der Waals surface area contributed by atoms with Gasteiger partial charge in [-0.2, -0.15) is 5.10 Å². The molecule has 5 heteroatoms. The summed E-state index contributed by atoms with van der Waals surface area (Å²) < 4.78 is 14.9. The van der Waals surface area contributed by atoms with Crippen LogP contribution in [0.15, 0.2) is 30.6 Å². The number of aromatic nitrogens is 2. The van der Waals surface area contributed by atoms with E-state index in [-0.39, 0.29) is 11.8 Å². The summed E-state index contributed by atoms with van der Waals surface area (Å²) in [4.78, 5) is 0. The van der Waals surface area contributed by atoms with E-state index < -0.39 is 5.82 Å². The first kappa shape index (κ1) is 12.6. The molecule has 0 aliphatic carbocycles. The van der Waals surface area contributed by atoms with Crippen LogP contribution in [0.25, 0.3) is 0 Å². The number of halogens is 1. The Hall–Kier alpha value is -1.88. The van der Waals surface area contributed by atoms with Crippen LogP contribution in [-0.2, 0) is 13.6 Å². The van der Waals surface area contributed by atoms with Gasteiger partial charge >= 0.3 is 0 Å². The van der Waals surface area contributed by atoms with E-state index in [4.69, 9.17) is 0 Å². The summed E-state index contributed by atoms with van der Waals surface area (Å²) in [7, 11) is 1.86. The summed E-state index contributed by atoms with van der Waals surface area (Å²) in [6.45, 7) is 2.40. The van der Waals surface area contributed by atoms with Crippen molar-refractivity contribution in [2.75, 3.05) is 0 Å². The van der Waals surface area contributed by atoms with Gasteiger partial charge in [-0.05, 0) is 13.0 Å². The molecule has 4 nitrogen and oxygen atoms in total. The van der Waals surface area contributed by atoms with Crippen molar-refractivity contribution in [1.82, 2.24) is 15.1 Å². The molecule has 96 valence electrons. The Bertz CT molecular complexity index is 539. The molecule has 1 atom stereocenters. The number of nitrogens with zero attached hydrogens (tertiary/aromatic N) is 2. The largest absolute Gasteiger partial charge is 0.505 e. The number of hydrogen-bond acceptors (Lipinski definition) is 3. The molecular weight excluding hydrogens is 233 g/mol. The van der Waals surface area contributed by atoms with E-state index >= 15 is 0 Å². The van der Waals surface area contributed by atoms with Gasteiger partial charge in [-0.3, -0.25) is 4.68 Å². The minimum Gasteiger partial charge on any atom is -0.505 e. The van der Waals surface area contributed by atoms with Crippen molar-refractivity contribution in [1.29, 1.82) is 0 Å². The second kappa shape index (κ2) is 5.18. The Morgan fingerprint density at radius 2 is 2.28 bits per heavy atom. The van der Waals surface area contributed by atoms with Crippen LogP contribution in [0.4, 0.5) is 4.39 Å². The predicted molar refractivity (Wildman–Crippen MR) is 66.5 cm³/mol. The number of aryl methyl sites for hydroxylation is 1. The lowest BCUT2D eigenvalue weighted by molar-refractivity contribution is 0.421. The second-order valence-electron chi connectivity index (χ2n) is 4.30. The lowest BCUT2D eigenvalue weighted by Gasteiger charge is -2.13. The topological polar surface area (TPSA) is 50.1 Å². The summed E-state index contributed by atoms with van der Waals surface area (Å²) in [6.07, 6.45) is 3.70. The Morgan fingerprint density at radius 3 is 2.94 bits per heavy atom. The van der Waals surface area contributed by atoms with E-state index in [0.29, 0.717) is 12.1 Å². The van der Waals surface area contributed by atoms with E-state index in [1.807, 2.05) is 20.2 Å². The summed E-state index contributed by atoms with van der Waals surface area (Å²) in [6, 6.07) is 4.60. The Kier molecular flexibility index (Phi) is 3.62. The average molecular weight is 249 g/mol. The van der Waals surface area contributed by atoms with Crippen molar-refractivity contribution in [3.63, 3.8) is 0 Å². The van der Waals surface area contributed by atoms with Gasteiger partial charge in [0.25, 0.3) is 0 Å². The fourth-order valence-corrected chi connectivity index (χ4v) is 1.75. The third-order valence-electron chi connectivity index (χ3n) is 2.89. The van der Waals surface area contributed by atoms with E-state index in [0.717, 1.165) is 5.56 Å². The molecular formula is C13H16FN3O. The molecule has 2 rings (SSSR count). The molecule has 0 radical (unpaired) electrons. The zero-order chi connectivity index (χ0) is 13.1. The smallest absolute Gasteiger partial charge is 0.165 e. The van der Waals surface area contributed by atoms with Gasteiger partial charge in [-0.25, -0.2) is 4.39 Å². The first-order chi connectivity index (χ1) is 8.58. The molecule has 1 unspecified atom stereocenters. The molecule has 0 saturated heterocycles. The third-order valence-corrected chi connectivity index (χ3v) is 2.89. The van der Waals surface area contributed by atoms with Gasteiger partial charge in [0.15, 0.2) is 11.6 Å². The van der Waals surface area contributed by atoms with Crippen LogP contribution in [0.3, 0.4) is 0 Å². The van der Waals surface area contributed by atoms with Crippen LogP contribution in [0.2, 0.25) is 0 Å². The van der Waals surface area contributed by atoms with Crippen LogP contribution < -0.4 is 5.32 Å². The quantitative estimate of drug-likeness (QED) is 0.872. The molecule has 1 heterocycles. The highest BCUT2D eigenvalue weighted by atomic mass is 19.1. The van der Waals surface area contributed by atoms with Gasteiger partial charge in [0.2, 0.25) is 0 Å². The normalized spacial score (nSPS) is 12.6. The lowest BCUT2D eigenvalue weighted by atomic mass is 10.1. The highest BCUT2D eigenvalue weighted by Gasteiger charge is 2.10. The number of para-hydroxylation sites is 1. The molecule has 1 aromatic heterocycles. The molecule has 0 aliphatic heterocycles. The Labute approximate surface area is 105 Å². The van der Waals surface area contributed by atoms with Gasteiger partial charge in [0, 0.05) is 37.0 Å². The lowest BCUT2D eigenvalue weighted by Crippen LogP contribution is -2.17. The molecule has 18 heavy (non-hydrogen) atoms. The molecule has 1 aromatic carbocycles. The van der Waals surface area contributed by atoms with Crippen molar-refractivity contribution in [2.45, 2.75) is 19.5 Å². The highest BCUT2D eigenvalue weighted by molar-refractivity contribution is 5.33. The maximum atomic E-state index is 13.1. The van der Waals surface area contributed by atoms with Crippen LogP contribution >= 0.6 is 0 Å². The number of aromatic hydroxyl groups is 1. The maximum absolute atomic E-state index is 13.1. The van der Waals surface area contributed by atoms with Crippen LogP contribution in [-0.4, -0.2) is 14.9 Å². The van der Waals surface area contributed by atoms with Crippen molar-refractivity contribution in [3.05, 3.63) is 47.5 Å². The fraction of sp³-hybridized carbons (Fsp3) is 0.308. The van der Waals surface area contributed by atoms with Crippen LogP contribution in [0.5, 0.6) is 5.75 Å². The third kappa shape index (κ3) is 2.68. The fourth-order valence-electron chi connectivity index (χ4n) is 1.75. The summed E-state index contributed by atoms with van der Waals surface area (Å²) in [5.41, 5.74) is 1.60. The average Bonchev–Trinajstić information content (AvgIpc) is 2.77. The SMILES string of the molecule is CC(NCc1cccc(F)c1O)c1cnn(C)c1. The minimum atomic E-state index is -0.594. The van der Waals surface area contributed by atoms with E-state index in [1.54, 1.807) is 23.0 Å². The maximum Gasteiger partial charge on any atom is 0.165 e. The standard InChI is InChI=1S/C13H16FN3O/c1-9(11-7-16-17(2)8-11)15-6-10-4-3-5-12(14)13(10)18/h3-5,7-9,15,18H,6H2,1-2H3. The van der Waals surface area contributed by atoms with Crippen molar-refractivity contribution in [2.24, 2.45) is 7.05 Å². The zero-order valence-corrected chi connectivity index (χ0v) is 10.4. The molecule has 0 bridgehead atoms. The van der Waals surface area contributed by atoms with Gasteiger partial charge in [0.1, 0.15) is 0 Å². The Morgan fingerprint density at radius 1 is 1.50 bits per heavy atom. The number of hydrogen-bond donors (Lipinski definition) is 2. The van der Waals surface area contributed by atoms with Crippen molar-refractivity contribution >= 4 is 0 Å². The van der Waals surface area contributed by atoms with Gasteiger partial charge in [-0.15, -0.1) is 0 Å². The first-order valence-electron chi connectivity index (χ1n) is 5.76. The van der Waals surface area contributed by atoms with Gasteiger partial charge < -0.3 is 10.4 Å². The van der Waals surface area contributed by atoms with E-state index in [1.165, 1.54) is 6.07 Å². The number of benzene rings is 1. The molecule has 2 N–H and O–H groups in total. The molecule has 0 aliphatic rings.